The maximum atomic E-state index is 12.7. The van der Waals surface area contributed by atoms with E-state index in [0.29, 0.717) is 62.4 Å². The lowest BCUT2D eigenvalue weighted by atomic mass is 10.0. The Morgan fingerprint density at radius 1 is 1.02 bits per heavy atom. The molecule has 0 unspecified atom stereocenters. The van der Waals surface area contributed by atoms with E-state index in [1.807, 2.05) is 30.3 Å². The largest absolute Gasteiger partial charge is 0.462 e. The van der Waals surface area contributed by atoms with E-state index in [4.69, 9.17) is 31.0 Å². The fourth-order valence-corrected chi connectivity index (χ4v) is 8.77. The predicted octanol–water partition coefficient (Wildman–Crippen LogP) is 6.66. The van der Waals surface area contributed by atoms with Crippen LogP contribution in [0.4, 0.5) is 11.5 Å². The molecule has 280 valence electrons. The van der Waals surface area contributed by atoms with E-state index in [0.717, 1.165) is 76.0 Å². The molecule has 2 saturated heterocycles. The average Bonchev–Trinajstić information content (AvgIpc) is 3.65. The molecule has 0 N–H and O–H groups in total. The number of nitriles is 1. The van der Waals surface area contributed by atoms with Crippen molar-refractivity contribution in [2.75, 3.05) is 62.3 Å². The lowest BCUT2D eigenvalue weighted by Gasteiger charge is -2.42. The number of piperazine rings is 1. The Morgan fingerprint density at radius 3 is 2.67 bits per heavy atom. The fourth-order valence-electron chi connectivity index (χ4n) is 7.88. The molecular weight excluding hydrogens is 817 g/mol. The van der Waals surface area contributed by atoms with Crippen molar-refractivity contribution in [1.29, 1.82) is 5.26 Å². The van der Waals surface area contributed by atoms with Gasteiger partial charge in [-0.15, -0.1) is 0 Å². The number of fused-ring (bicyclic) bond motifs is 2. The van der Waals surface area contributed by atoms with Gasteiger partial charge < -0.3 is 24.2 Å². The minimum atomic E-state index is -0.295. The smallest absolute Gasteiger partial charge is 0.339 e. The van der Waals surface area contributed by atoms with Crippen LogP contribution in [0.5, 0.6) is 6.01 Å². The number of carbonyl (C=O) groups excluding carboxylic acids is 2. The van der Waals surface area contributed by atoms with Crippen molar-refractivity contribution in [3.8, 4) is 12.1 Å². The van der Waals surface area contributed by atoms with Gasteiger partial charge in [0, 0.05) is 59.0 Å². The van der Waals surface area contributed by atoms with Crippen molar-refractivity contribution in [2.24, 2.45) is 0 Å². The SMILES string of the molecule is C=CC(=O)N1CCN(c2nc(OC[C@@H]3CCCN3CCCOC(=O)c3ccccc3I)nc3c2CCN(c2cccc4cccc(Cl)c24)C3)C[C@@H]1CC#N. The van der Waals surface area contributed by atoms with E-state index in [2.05, 4.69) is 74.2 Å². The number of rotatable bonds is 12. The van der Waals surface area contributed by atoms with Gasteiger partial charge in [0.1, 0.15) is 12.4 Å². The van der Waals surface area contributed by atoms with E-state index in [1.54, 1.807) is 11.0 Å². The first-order valence-electron chi connectivity index (χ1n) is 18.5. The van der Waals surface area contributed by atoms with Crippen molar-refractivity contribution in [3.05, 3.63) is 98.7 Å². The van der Waals surface area contributed by atoms with Crippen molar-refractivity contribution in [2.45, 2.75) is 50.7 Å². The standard InChI is InChI=1S/C41H43ClIN7O4/c1-2-37(51)50-23-22-49(25-29(50)16-18-44)39-32-17-21-48(36-15-6-10-28-9-5-13-33(42)38(28)36)26-35(32)45-41(46-39)54-27-30-11-7-19-47(30)20-8-24-53-40(52)31-12-3-4-14-34(31)43/h2-6,9-10,12-15,29-30H,1,7-8,11,16-17,19-27H2/t29-,30-/m0/s1. The number of esters is 1. The zero-order valence-corrected chi connectivity index (χ0v) is 33.0. The monoisotopic (exact) mass is 859 g/mol. The number of amides is 1. The summed E-state index contributed by atoms with van der Waals surface area (Å²) in [5, 5.41) is 12.5. The summed E-state index contributed by atoms with van der Waals surface area (Å²) in [5.74, 6) is 0.340. The molecule has 3 aliphatic heterocycles. The van der Waals surface area contributed by atoms with Gasteiger partial charge in [-0.2, -0.15) is 15.2 Å². The fraction of sp³-hybridized carbons (Fsp3) is 0.390. The van der Waals surface area contributed by atoms with E-state index in [9.17, 15) is 14.9 Å². The van der Waals surface area contributed by atoms with Crippen molar-refractivity contribution < 1.29 is 19.1 Å². The lowest BCUT2D eigenvalue weighted by Crippen LogP contribution is -2.55. The third-order valence-corrected chi connectivity index (χ3v) is 11.8. The van der Waals surface area contributed by atoms with Gasteiger partial charge in [0.05, 0.1) is 48.0 Å². The molecule has 0 bridgehead atoms. The molecule has 3 aromatic carbocycles. The first kappa shape index (κ1) is 37.8. The van der Waals surface area contributed by atoms with Crippen LogP contribution in [0.15, 0.2) is 73.3 Å². The molecule has 11 nitrogen and oxygen atoms in total. The van der Waals surface area contributed by atoms with E-state index >= 15 is 0 Å². The van der Waals surface area contributed by atoms with Crippen molar-refractivity contribution in [1.82, 2.24) is 19.8 Å². The zero-order chi connectivity index (χ0) is 37.6. The molecule has 2 fully saturated rings. The van der Waals surface area contributed by atoms with E-state index in [1.165, 1.54) is 6.08 Å². The highest BCUT2D eigenvalue weighted by atomic mass is 127. The minimum absolute atomic E-state index is 0.168. The van der Waals surface area contributed by atoms with Crippen LogP contribution in [0.3, 0.4) is 0 Å². The summed E-state index contributed by atoms with van der Waals surface area (Å²) in [6, 6.07) is 22.1. The third-order valence-electron chi connectivity index (χ3n) is 10.6. The van der Waals surface area contributed by atoms with Crippen LogP contribution in [0.2, 0.25) is 5.02 Å². The number of anilines is 2. The number of halogens is 2. The van der Waals surface area contributed by atoms with Crippen LogP contribution in [0.1, 0.15) is 47.3 Å². The maximum absolute atomic E-state index is 12.7. The second kappa shape index (κ2) is 17.3. The van der Waals surface area contributed by atoms with Crippen LogP contribution in [-0.4, -0.2) is 96.2 Å². The first-order valence-corrected chi connectivity index (χ1v) is 20.0. The number of ether oxygens (including phenoxy) is 2. The van der Waals surface area contributed by atoms with Gasteiger partial charge in [0.2, 0.25) is 5.91 Å². The highest BCUT2D eigenvalue weighted by Gasteiger charge is 2.34. The molecule has 0 aliphatic carbocycles. The molecule has 0 spiro atoms. The quantitative estimate of drug-likeness (QED) is 0.0664. The summed E-state index contributed by atoms with van der Waals surface area (Å²) in [4.78, 5) is 44.0. The highest BCUT2D eigenvalue weighted by Crippen LogP contribution is 2.37. The minimum Gasteiger partial charge on any atom is -0.462 e. The maximum Gasteiger partial charge on any atom is 0.339 e. The third kappa shape index (κ3) is 8.28. The number of likely N-dealkylation sites (tertiary alicyclic amines) is 1. The van der Waals surface area contributed by atoms with Gasteiger partial charge in [0.25, 0.3) is 0 Å². The summed E-state index contributed by atoms with van der Waals surface area (Å²) in [5.41, 5.74) is 3.60. The zero-order valence-electron chi connectivity index (χ0n) is 30.1. The Morgan fingerprint density at radius 2 is 1.85 bits per heavy atom. The van der Waals surface area contributed by atoms with Crippen molar-refractivity contribution in [3.63, 3.8) is 0 Å². The molecule has 1 amide bonds. The molecular formula is C41H43ClIN7O4. The molecule has 54 heavy (non-hydrogen) atoms. The molecule has 4 heterocycles. The van der Waals surface area contributed by atoms with E-state index in [-0.39, 0.29) is 30.4 Å². The lowest BCUT2D eigenvalue weighted by molar-refractivity contribution is -0.128. The normalized spacial score (nSPS) is 18.6. The molecule has 7 rings (SSSR count). The Kier molecular flexibility index (Phi) is 12.2. The summed E-state index contributed by atoms with van der Waals surface area (Å²) < 4.78 is 12.9. The van der Waals surface area contributed by atoms with Gasteiger partial charge in [-0.25, -0.2) is 4.79 Å². The average molecular weight is 860 g/mol. The molecule has 13 heteroatoms. The molecule has 0 radical (unpaired) electrons. The van der Waals surface area contributed by atoms with Crippen LogP contribution < -0.4 is 14.5 Å². The summed E-state index contributed by atoms with van der Waals surface area (Å²) in [6.07, 6.45) is 5.02. The van der Waals surface area contributed by atoms with E-state index < -0.39 is 0 Å². The van der Waals surface area contributed by atoms with Crippen LogP contribution >= 0.6 is 34.2 Å². The number of aromatic nitrogens is 2. The highest BCUT2D eigenvalue weighted by molar-refractivity contribution is 14.1. The molecule has 2 atom stereocenters. The topological polar surface area (TPSA) is 115 Å². The van der Waals surface area contributed by atoms with Gasteiger partial charge >= 0.3 is 12.0 Å². The Hall–Kier alpha value is -4.45. The summed E-state index contributed by atoms with van der Waals surface area (Å²) in [7, 11) is 0. The number of nitrogens with zero attached hydrogens (tertiary/aromatic N) is 7. The van der Waals surface area contributed by atoms with Crippen molar-refractivity contribution >= 4 is 68.3 Å². The molecule has 0 saturated carbocycles. The molecule has 3 aliphatic rings. The van der Waals surface area contributed by atoms with Gasteiger partial charge in [0.15, 0.2) is 0 Å². The van der Waals surface area contributed by atoms with Crippen LogP contribution in [0.25, 0.3) is 10.8 Å². The summed E-state index contributed by atoms with van der Waals surface area (Å²) in [6.45, 7) is 9.00. The first-order chi connectivity index (χ1) is 26.3. The number of hydrogen-bond donors (Lipinski definition) is 0. The summed E-state index contributed by atoms with van der Waals surface area (Å²) >= 11 is 8.91. The Labute approximate surface area is 334 Å². The molecule has 4 aromatic rings. The van der Waals surface area contributed by atoms with Crippen LogP contribution in [0, 0.1) is 14.9 Å². The number of benzene rings is 3. The van der Waals surface area contributed by atoms with Gasteiger partial charge in [-0.05, 0) is 90.5 Å². The van der Waals surface area contributed by atoms with Gasteiger partial charge in [-0.3, -0.25) is 9.69 Å². The van der Waals surface area contributed by atoms with Gasteiger partial charge in [-0.1, -0.05) is 54.6 Å². The predicted molar refractivity (Wildman–Crippen MR) is 218 cm³/mol. The second-order valence-electron chi connectivity index (χ2n) is 13.9. The molecule has 1 aromatic heterocycles. The second-order valence-corrected chi connectivity index (χ2v) is 15.4. The Bertz CT molecular complexity index is 2070. The van der Waals surface area contributed by atoms with Crippen LogP contribution in [-0.2, 0) is 22.5 Å². The number of carbonyl (C=O) groups is 2. The Balaban J connectivity index is 1.09. The number of hydrogen-bond acceptors (Lipinski definition) is 10.